The van der Waals surface area contributed by atoms with Gasteiger partial charge in [0.15, 0.2) is 0 Å². The molecule has 0 radical (unpaired) electrons. The van der Waals surface area contributed by atoms with Crippen LogP contribution in [0, 0.1) is 18.6 Å². The number of sulfonamides is 1. The van der Waals surface area contributed by atoms with E-state index in [0.717, 1.165) is 17.8 Å². The van der Waals surface area contributed by atoms with Gasteiger partial charge in [0.2, 0.25) is 0 Å². The summed E-state index contributed by atoms with van der Waals surface area (Å²) >= 11 is 0. The van der Waals surface area contributed by atoms with Gasteiger partial charge in [0, 0.05) is 31.9 Å². The predicted octanol–water partition coefficient (Wildman–Crippen LogP) is 4.04. The van der Waals surface area contributed by atoms with Crippen molar-refractivity contribution in [3.8, 4) is 0 Å². The molecule has 3 aromatic rings. The molecule has 6 nitrogen and oxygen atoms in total. The van der Waals surface area contributed by atoms with Crippen LogP contribution in [0.2, 0.25) is 0 Å². The number of aryl methyl sites for hydroxylation is 1. The number of halogens is 2. The highest BCUT2D eigenvalue weighted by Gasteiger charge is 2.26. The molecule has 0 atom stereocenters. The van der Waals surface area contributed by atoms with Crippen LogP contribution < -0.4 is 9.62 Å². The number of amides is 1. The lowest BCUT2D eigenvalue weighted by Crippen LogP contribution is -2.49. The first-order valence-electron chi connectivity index (χ1n) is 10.4. The molecule has 33 heavy (non-hydrogen) atoms. The van der Waals surface area contributed by atoms with Crippen molar-refractivity contribution in [3.63, 3.8) is 0 Å². The second kappa shape index (κ2) is 9.19. The van der Waals surface area contributed by atoms with E-state index in [2.05, 4.69) is 9.62 Å². The van der Waals surface area contributed by atoms with E-state index in [1.165, 1.54) is 31.2 Å². The molecule has 9 heteroatoms. The minimum atomic E-state index is -4.02. The van der Waals surface area contributed by atoms with Gasteiger partial charge in [-0.2, -0.15) is 0 Å². The fourth-order valence-corrected chi connectivity index (χ4v) is 5.17. The summed E-state index contributed by atoms with van der Waals surface area (Å²) in [6, 6.07) is 16.0. The van der Waals surface area contributed by atoms with Crippen LogP contribution in [0.3, 0.4) is 0 Å². The lowest BCUT2D eigenvalue weighted by atomic mass is 10.1. The van der Waals surface area contributed by atoms with Crippen LogP contribution in [-0.2, 0) is 10.0 Å². The molecule has 1 fully saturated rings. The number of nitrogens with zero attached hydrogens (tertiary/aromatic N) is 2. The van der Waals surface area contributed by atoms with Gasteiger partial charge in [0.05, 0.1) is 16.1 Å². The third kappa shape index (κ3) is 4.98. The van der Waals surface area contributed by atoms with Gasteiger partial charge >= 0.3 is 0 Å². The van der Waals surface area contributed by atoms with Gasteiger partial charge in [-0.1, -0.05) is 12.1 Å². The first kappa shape index (κ1) is 22.7. The van der Waals surface area contributed by atoms with Crippen LogP contribution in [0.1, 0.15) is 15.9 Å². The smallest absolute Gasteiger partial charge is 0.262 e. The Bertz CT molecular complexity index is 1270. The summed E-state index contributed by atoms with van der Waals surface area (Å²) < 4.78 is 54.9. The zero-order valence-electron chi connectivity index (χ0n) is 18.0. The lowest BCUT2D eigenvalue weighted by Gasteiger charge is -2.36. The maximum Gasteiger partial charge on any atom is 0.262 e. The first-order valence-corrected chi connectivity index (χ1v) is 11.9. The van der Waals surface area contributed by atoms with E-state index in [4.69, 9.17) is 0 Å². The van der Waals surface area contributed by atoms with Crippen molar-refractivity contribution in [2.45, 2.75) is 11.8 Å². The second-order valence-electron chi connectivity index (χ2n) is 7.82. The van der Waals surface area contributed by atoms with Crippen molar-refractivity contribution in [3.05, 3.63) is 89.5 Å². The molecule has 0 bridgehead atoms. The Morgan fingerprint density at radius 3 is 2.18 bits per heavy atom. The Hall–Kier alpha value is -3.46. The van der Waals surface area contributed by atoms with Crippen LogP contribution in [-0.4, -0.2) is 45.4 Å². The maximum atomic E-state index is 13.4. The molecule has 3 aromatic carbocycles. The van der Waals surface area contributed by atoms with Crippen molar-refractivity contribution >= 4 is 27.3 Å². The number of hydrogen-bond donors (Lipinski definition) is 1. The lowest BCUT2D eigenvalue weighted by molar-refractivity contribution is 0.0748. The van der Waals surface area contributed by atoms with Crippen molar-refractivity contribution in [1.82, 2.24) is 4.90 Å². The third-order valence-electron chi connectivity index (χ3n) is 5.59. The van der Waals surface area contributed by atoms with Crippen molar-refractivity contribution in [2.75, 3.05) is 35.8 Å². The fraction of sp³-hybridized carbons (Fsp3) is 0.208. The molecule has 1 heterocycles. The topological polar surface area (TPSA) is 69.7 Å². The van der Waals surface area contributed by atoms with Gasteiger partial charge in [-0.25, -0.2) is 17.2 Å². The van der Waals surface area contributed by atoms with E-state index < -0.39 is 15.8 Å². The molecular formula is C24H23F2N3O3S. The Labute approximate surface area is 191 Å². The van der Waals surface area contributed by atoms with Gasteiger partial charge in [0.25, 0.3) is 15.9 Å². The van der Waals surface area contributed by atoms with E-state index >= 15 is 0 Å². The molecule has 0 saturated carbocycles. The van der Waals surface area contributed by atoms with Crippen LogP contribution in [0.15, 0.2) is 71.6 Å². The molecule has 0 spiro atoms. The summed E-state index contributed by atoms with van der Waals surface area (Å²) in [6.45, 7) is 3.53. The monoisotopic (exact) mass is 471 g/mol. The number of benzene rings is 3. The SMILES string of the molecule is Cc1cc(F)ccc1S(=O)(=O)Nc1ccccc1C(=O)N1CCN(c2ccc(F)cc2)CC1. The first-order chi connectivity index (χ1) is 15.7. The van der Waals surface area contributed by atoms with E-state index in [0.29, 0.717) is 26.2 Å². The summed E-state index contributed by atoms with van der Waals surface area (Å²) in [4.78, 5) is 16.9. The van der Waals surface area contributed by atoms with Crippen LogP contribution in [0.4, 0.5) is 20.2 Å². The number of nitrogens with one attached hydrogen (secondary N) is 1. The quantitative estimate of drug-likeness (QED) is 0.610. The fourth-order valence-electron chi connectivity index (χ4n) is 3.86. The maximum absolute atomic E-state index is 13.4. The summed E-state index contributed by atoms with van der Waals surface area (Å²) in [6.07, 6.45) is 0. The summed E-state index contributed by atoms with van der Waals surface area (Å²) in [7, 11) is -4.02. The molecule has 1 amide bonds. The Kier molecular flexibility index (Phi) is 6.33. The number of para-hydroxylation sites is 1. The largest absolute Gasteiger partial charge is 0.368 e. The van der Waals surface area contributed by atoms with E-state index in [-0.39, 0.29) is 33.4 Å². The standard InChI is InChI=1S/C24H23F2N3O3S/c1-17-16-19(26)8-11-23(17)33(31,32)27-22-5-3-2-4-21(22)24(30)29-14-12-28(13-15-29)20-9-6-18(25)7-10-20/h2-11,16,27H,12-15H2,1H3. The zero-order chi connectivity index (χ0) is 23.6. The number of carbonyl (C=O) groups is 1. The molecular weight excluding hydrogens is 448 g/mol. The van der Waals surface area contributed by atoms with Crippen molar-refractivity contribution in [1.29, 1.82) is 0 Å². The average molecular weight is 472 g/mol. The van der Waals surface area contributed by atoms with Gasteiger partial charge in [-0.15, -0.1) is 0 Å². The summed E-state index contributed by atoms with van der Waals surface area (Å²) in [5.74, 6) is -1.12. The van der Waals surface area contributed by atoms with E-state index in [1.54, 1.807) is 35.2 Å². The highest BCUT2D eigenvalue weighted by atomic mass is 32.2. The number of hydrogen-bond acceptors (Lipinski definition) is 4. The summed E-state index contributed by atoms with van der Waals surface area (Å²) in [5, 5.41) is 0. The minimum Gasteiger partial charge on any atom is -0.368 e. The van der Waals surface area contributed by atoms with E-state index in [1.807, 2.05) is 0 Å². The average Bonchev–Trinajstić information content (AvgIpc) is 2.79. The second-order valence-corrected chi connectivity index (χ2v) is 9.47. The molecule has 1 N–H and O–H groups in total. The molecule has 4 rings (SSSR count). The number of carbonyl (C=O) groups excluding carboxylic acids is 1. The molecule has 1 saturated heterocycles. The zero-order valence-corrected chi connectivity index (χ0v) is 18.8. The van der Waals surface area contributed by atoms with Crippen LogP contribution in [0.25, 0.3) is 0 Å². The van der Waals surface area contributed by atoms with Gasteiger partial charge in [0.1, 0.15) is 11.6 Å². The highest BCUT2D eigenvalue weighted by Crippen LogP contribution is 2.25. The Balaban J connectivity index is 1.50. The molecule has 0 aromatic heterocycles. The van der Waals surface area contributed by atoms with Gasteiger partial charge < -0.3 is 9.80 Å². The van der Waals surface area contributed by atoms with Crippen molar-refractivity contribution < 1.29 is 22.0 Å². The molecule has 0 aliphatic carbocycles. The predicted molar refractivity (Wildman–Crippen MR) is 123 cm³/mol. The van der Waals surface area contributed by atoms with E-state index in [9.17, 15) is 22.0 Å². The summed E-state index contributed by atoms with van der Waals surface area (Å²) in [5.41, 5.74) is 1.54. The van der Waals surface area contributed by atoms with Crippen LogP contribution >= 0.6 is 0 Å². The van der Waals surface area contributed by atoms with Crippen LogP contribution in [0.5, 0.6) is 0 Å². The normalized spacial score (nSPS) is 14.3. The van der Waals surface area contributed by atoms with Gasteiger partial charge in [-0.05, 0) is 67.1 Å². The number of rotatable bonds is 5. The minimum absolute atomic E-state index is 0.0564. The number of anilines is 2. The Morgan fingerprint density at radius 1 is 0.879 bits per heavy atom. The molecule has 1 aliphatic heterocycles. The molecule has 1 aliphatic rings. The third-order valence-corrected chi connectivity index (χ3v) is 7.11. The number of piperazine rings is 1. The highest BCUT2D eigenvalue weighted by molar-refractivity contribution is 7.92. The Morgan fingerprint density at radius 2 is 1.52 bits per heavy atom. The van der Waals surface area contributed by atoms with Crippen molar-refractivity contribution in [2.24, 2.45) is 0 Å². The van der Waals surface area contributed by atoms with Gasteiger partial charge in [-0.3, -0.25) is 9.52 Å². The molecule has 0 unspecified atom stereocenters. The molecule has 172 valence electrons.